The van der Waals surface area contributed by atoms with Crippen LogP contribution in [0.2, 0.25) is 0 Å². The van der Waals surface area contributed by atoms with Crippen LogP contribution in [-0.2, 0) is 17.5 Å². The average Bonchev–Trinajstić information content (AvgIpc) is 3.25. The number of halogens is 3. The lowest BCUT2D eigenvalue weighted by molar-refractivity contribution is -0.137. The highest BCUT2D eigenvalue weighted by atomic mass is 19.4. The van der Waals surface area contributed by atoms with Crippen molar-refractivity contribution in [2.45, 2.75) is 25.1 Å². The number of alkyl halides is 3. The van der Waals surface area contributed by atoms with E-state index in [4.69, 9.17) is 4.74 Å². The second-order valence-corrected chi connectivity index (χ2v) is 7.79. The van der Waals surface area contributed by atoms with Gasteiger partial charge in [0.15, 0.2) is 0 Å². The predicted octanol–water partition coefficient (Wildman–Crippen LogP) is 6.03. The molecule has 0 fully saturated rings. The number of para-hydroxylation sites is 1. The highest BCUT2D eigenvalue weighted by Gasteiger charge is 2.30. The maximum atomic E-state index is 13.0. The molecule has 33 heavy (non-hydrogen) atoms. The Labute approximate surface area is 189 Å². The Morgan fingerprint density at radius 2 is 1.79 bits per heavy atom. The highest BCUT2D eigenvalue weighted by Crippen LogP contribution is 2.34. The molecule has 0 radical (unpaired) electrons. The molecule has 1 heterocycles. The third-order valence-electron chi connectivity index (χ3n) is 5.65. The zero-order valence-corrected chi connectivity index (χ0v) is 17.9. The van der Waals surface area contributed by atoms with Gasteiger partial charge in [0, 0.05) is 36.0 Å². The van der Waals surface area contributed by atoms with Crippen molar-refractivity contribution >= 4 is 16.8 Å². The number of carbonyl (C=O) groups is 1. The summed E-state index contributed by atoms with van der Waals surface area (Å²) >= 11 is 0. The lowest BCUT2D eigenvalue weighted by Gasteiger charge is -2.18. The maximum absolute atomic E-state index is 13.0. The number of hydrogen-bond donors (Lipinski definition) is 2. The first-order valence-corrected chi connectivity index (χ1v) is 10.5. The van der Waals surface area contributed by atoms with E-state index in [1.54, 1.807) is 13.2 Å². The molecule has 0 spiro atoms. The molecule has 0 saturated heterocycles. The highest BCUT2D eigenvalue weighted by molar-refractivity contribution is 5.86. The lowest BCUT2D eigenvalue weighted by atomic mass is 9.88. The van der Waals surface area contributed by atoms with Crippen molar-refractivity contribution in [3.05, 3.63) is 101 Å². The van der Waals surface area contributed by atoms with Crippen molar-refractivity contribution in [2.24, 2.45) is 0 Å². The number of ether oxygens (including phenoxy) is 1. The number of carbonyl (C=O) groups excluding carboxylic acids is 1. The van der Waals surface area contributed by atoms with Crippen LogP contribution < -0.4 is 10.1 Å². The van der Waals surface area contributed by atoms with E-state index in [0.29, 0.717) is 11.3 Å². The molecule has 1 aromatic heterocycles. The Hall–Kier alpha value is -3.74. The molecule has 0 saturated carbocycles. The van der Waals surface area contributed by atoms with Crippen LogP contribution in [0.25, 0.3) is 10.9 Å². The monoisotopic (exact) mass is 452 g/mol. The summed E-state index contributed by atoms with van der Waals surface area (Å²) < 4.78 is 44.1. The molecule has 0 bridgehead atoms. The number of benzene rings is 3. The van der Waals surface area contributed by atoms with Gasteiger partial charge in [-0.15, -0.1) is 0 Å². The molecule has 3 aromatic carbocycles. The summed E-state index contributed by atoms with van der Waals surface area (Å²) in [5.41, 5.74) is 2.55. The van der Waals surface area contributed by atoms with Crippen LogP contribution in [-0.4, -0.2) is 18.0 Å². The molecule has 1 atom stereocenters. The summed E-state index contributed by atoms with van der Waals surface area (Å²) in [4.78, 5) is 16.1. The number of H-pyrrole nitrogens is 1. The molecule has 170 valence electrons. The third-order valence-corrected chi connectivity index (χ3v) is 5.65. The summed E-state index contributed by atoms with van der Waals surface area (Å²) in [6.07, 6.45) is -2.37. The van der Waals surface area contributed by atoms with E-state index >= 15 is 0 Å². The van der Waals surface area contributed by atoms with Gasteiger partial charge in [0.05, 0.1) is 12.7 Å². The average molecular weight is 452 g/mol. The normalized spacial score (nSPS) is 12.5. The van der Waals surface area contributed by atoms with Gasteiger partial charge in [-0.3, -0.25) is 4.79 Å². The van der Waals surface area contributed by atoms with Gasteiger partial charge in [0.1, 0.15) is 5.75 Å². The number of methoxy groups -OCH3 is 1. The molecule has 1 unspecified atom stereocenters. The van der Waals surface area contributed by atoms with E-state index in [1.165, 1.54) is 6.07 Å². The Morgan fingerprint density at radius 1 is 1.03 bits per heavy atom. The van der Waals surface area contributed by atoms with Crippen LogP contribution in [0.3, 0.4) is 0 Å². The maximum Gasteiger partial charge on any atom is 0.416 e. The fourth-order valence-electron chi connectivity index (χ4n) is 3.94. The Bertz CT molecular complexity index is 1250. The second kappa shape index (κ2) is 9.40. The fraction of sp³-hybridized carbons (Fsp3) is 0.192. The number of rotatable bonds is 7. The van der Waals surface area contributed by atoms with Crippen LogP contribution in [0.5, 0.6) is 5.75 Å². The van der Waals surface area contributed by atoms with Gasteiger partial charge in [0.2, 0.25) is 5.91 Å². The number of nitrogens with one attached hydrogen (secondary N) is 2. The minimum Gasteiger partial charge on any atom is -0.497 e. The summed E-state index contributed by atoms with van der Waals surface area (Å²) in [7, 11) is 1.59. The van der Waals surface area contributed by atoms with Crippen molar-refractivity contribution in [1.29, 1.82) is 0 Å². The summed E-state index contributed by atoms with van der Waals surface area (Å²) in [6, 6.07) is 20.4. The van der Waals surface area contributed by atoms with Crippen LogP contribution >= 0.6 is 0 Å². The zero-order valence-electron chi connectivity index (χ0n) is 17.9. The largest absolute Gasteiger partial charge is 0.497 e. The van der Waals surface area contributed by atoms with Gasteiger partial charge in [-0.1, -0.05) is 42.5 Å². The summed E-state index contributed by atoms with van der Waals surface area (Å²) in [5.74, 6) is 0.220. The molecule has 4 nitrogen and oxygen atoms in total. The van der Waals surface area contributed by atoms with E-state index in [2.05, 4.69) is 10.3 Å². The van der Waals surface area contributed by atoms with E-state index < -0.39 is 11.7 Å². The first-order valence-electron chi connectivity index (χ1n) is 10.5. The standard InChI is InChI=1S/C26H23F3N2O2/c1-33-20-11-9-18(10-12-20)22(23-16-30-24-8-3-2-7-21(23)24)14-25(32)31-15-17-5-4-6-19(13-17)26(27,28)29/h2-13,16,22,30H,14-15H2,1H3,(H,31,32). The number of amides is 1. The lowest BCUT2D eigenvalue weighted by Crippen LogP contribution is -2.25. The van der Waals surface area contributed by atoms with Crippen molar-refractivity contribution in [3.8, 4) is 5.75 Å². The van der Waals surface area contributed by atoms with Gasteiger partial charge in [-0.05, 0) is 47.0 Å². The van der Waals surface area contributed by atoms with Gasteiger partial charge in [-0.2, -0.15) is 13.2 Å². The smallest absolute Gasteiger partial charge is 0.416 e. The number of aromatic nitrogens is 1. The van der Waals surface area contributed by atoms with Gasteiger partial charge < -0.3 is 15.0 Å². The molecule has 0 aliphatic carbocycles. The second-order valence-electron chi connectivity index (χ2n) is 7.79. The Morgan fingerprint density at radius 3 is 2.52 bits per heavy atom. The molecule has 0 aliphatic heterocycles. The van der Waals surface area contributed by atoms with Gasteiger partial charge in [-0.25, -0.2) is 0 Å². The number of hydrogen-bond acceptors (Lipinski definition) is 2. The Balaban J connectivity index is 1.56. The molecule has 4 rings (SSSR count). The predicted molar refractivity (Wildman–Crippen MR) is 121 cm³/mol. The van der Waals surface area contributed by atoms with Gasteiger partial charge in [0.25, 0.3) is 0 Å². The SMILES string of the molecule is COc1ccc(C(CC(=O)NCc2cccc(C(F)(F)F)c2)c2c[nH]c3ccccc23)cc1. The summed E-state index contributed by atoms with van der Waals surface area (Å²) in [6.45, 7) is 0.0198. The molecular formula is C26H23F3N2O2. The minimum atomic E-state index is -4.42. The quantitative estimate of drug-likeness (QED) is 0.360. The number of aromatic amines is 1. The Kier molecular flexibility index (Phi) is 6.40. The minimum absolute atomic E-state index is 0.0198. The molecular weight excluding hydrogens is 429 g/mol. The molecule has 7 heteroatoms. The van der Waals surface area contributed by atoms with E-state index in [0.717, 1.165) is 34.2 Å². The summed E-state index contributed by atoms with van der Waals surface area (Å²) in [5, 5.41) is 3.79. The van der Waals surface area contributed by atoms with Crippen molar-refractivity contribution in [2.75, 3.05) is 7.11 Å². The molecule has 4 aromatic rings. The molecule has 1 amide bonds. The topological polar surface area (TPSA) is 54.1 Å². The van der Waals surface area contributed by atoms with E-state index in [-0.39, 0.29) is 24.8 Å². The van der Waals surface area contributed by atoms with E-state index in [1.807, 2.05) is 54.7 Å². The van der Waals surface area contributed by atoms with Crippen LogP contribution in [0.15, 0.2) is 79.0 Å². The van der Waals surface area contributed by atoms with Gasteiger partial charge >= 0.3 is 6.18 Å². The van der Waals surface area contributed by atoms with Crippen molar-refractivity contribution < 1.29 is 22.7 Å². The molecule has 0 aliphatic rings. The first kappa shape index (κ1) is 22.5. The van der Waals surface area contributed by atoms with Crippen molar-refractivity contribution in [1.82, 2.24) is 10.3 Å². The zero-order chi connectivity index (χ0) is 23.4. The first-order chi connectivity index (χ1) is 15.8. The third kappa shape index (κ3) is 5.19. The number of fused-ring (bicyclic) bond motifs is 1. The van der Waals surface area contributed by atoms with Crippen LogP contribution in [0.1, 0.15) is 34.6 Å². The molecule has 2 N–H and O–H groups in total. The van der Waals surface area contributed by atoms with Crippen molar-refractivity contribution in [3.63, 3.8) is 0 Å². The van der Waals surface area contributed by atoms with Crippen LogP contribution in [0.4, 0.5) is 13.2 Å². The van der Waals surface area contributed by atoms with E-state index in [9.17, 15) is 18.0 Å². The van der Waals surface area contributed by atoms with Crippen LogP contribution in [0, 0.1) is 0 Å². The fourth-order valence-corrected chi connectivity index (χ4v) is 3.94.